The van der Waals surface area contributed by atoms with E-state index in [0.717, 1.165) is 18.7 Å². The molecule has 0 fully saturated rings. The SMILES string of the molecule is CCNCc1cc(S(=O)(=O)NCCCSC)c(Cl)cc1Cl. The molecular formula is C13H20Cl2N2O2S2. The minimum atomic E-state index is -3.61. The lowest BCUT2D eigenvalue weighted by atomic mass is 10.2. The highest BCUT2D eigenvalue weighted by molar-refractivity contribution is 7.98. The van der Waals surface area contributed by atoms with E-state index in [1.807, 2.05) is 13.2 Å². The van der Waals surface area contributed by atoms with E-state index in [1.54, 1.807) is 11.8 Å². The standard InChI is InChI=1S/C13H20Cl2N2O2S2/c1-3-16-9-10-7-13(12(15)8-11(10)14)21(18,19)17-5-4-6-20-2/h7-8,16-17H,3-6,9H2,1-2H3. The van der Waals surface area contributed by atoms with Gasteiger partial charge in [0.1, 0.15) is 4.90 Å². The molecular weight excluding hydrogens is 351 g/mol. The predicted molar refractivity (Wildman–Crippen MR) is 92.0 cm³/mol. The molecule has 21 heavy (non-hydrogen) atoms. The van der Waals surface area contributed by atoms with Crippen molar-refractivity contribution in [2.24, 2.45) is 0 Å². The average Bonchev–Trinajstić information content (AvgIpc) is 2.42. The number of thioether (sulfide) groups is 1. The zero-order valence-electron chi connectivity index (χ0n) is 12.1. The number of hydrogen-bond acceptors (Lipinski definition) is 4. The molecule has 1 rings (SSSR count). The molecule has 0 aromatic heterocycles. The van der Waals surface area contributed by atoms with Crippen LogP contribution < -0.4 is 10.0 Å². The Kier molecular flexibility index (Phi) is 8.38. The molecule has 1 aromatic rings. The molecule has 0 aliphatic heterocycles. The van der Waals surface area contributed by atoms with E-state index in [4.69, 9.17) is 23.2 Å². The third-order valence-corrected chi connectivity index (χ3v) is 5.75. The summed E-state index contributed by atoms with van der Waals surface area (Å²) in [6, 6.07) is 3.01. The minimum Gasteiger partial charge on any atom is -0.313 e. The molecule has 8 heteroatoms. The van der Waals surface area contributed by atoms with Crippen LogP contribution in [0.4, 0.5) is 0 Å². The van der Waals surface area contributed by atoms with Gasteiger partial charge in [-0.25, -0.2) is 13.1 Å². The highest BCUT2D eigenvalue weighted by Gasteiger charge is 2.19. The van der Waals surface area contributed by atoms with Crippen molar-refractivity contribution in [3.05, 3.63) is 27.7 Å². The molecule has 0 atom stereocenters. The highest BCUT2D eigenvalue weighted by atomic mass is 35.5. The Hall–Kier alpha value is 0.0200. The Morgan fingerprint density at radius 3 is 2.57 bits per heavy atom. The first-order chi connectivity index (χ1) is 9.92. The van der Waals surface area contributed by atoms with Crippen LogP contribution in [0.3, 0.4) is 0 Å². The van der Waals surface area contributed by atoms with Gasteiger partial charge in [-0.2, -0.15) is 11.8 Å². The topological polar surface area (TPSA) is 58.2 Å². The number of sulfonamides is 1. The number of rotatable bonds is 9. The first-order valence-electron chi connectivity index (χ1n) is 6.59. The smallest absolute Gasteiger partial charge is 0.242 e. The molecule has 0 saturated heterocycles. The molecule has 0 amide bonds. The van der Waals surface area contributed by atoms with E-state index in [0.29, 0.717) is 23.7 Å². The van der Waals surface area contributed by atoms with Crippen LogP contribution >= 0.6 is 35.0 Å². The van der Waals surface area contributed by atoms with Crippen molar-refractivity contribution < 1.29 is 8.42 Å². The van der Waals surface area contributed by atoms with Gasteiger partial charge >= 0.3 is 0 Å². The van der Waals surface area contributed by atoms with Crippen LogP contribution in [-0.2, 0) is 16.6 Å². The summed E-state index contributed by atoms with van der Waals surface area (Å²) in [6.45, 7) is 3.63. The molecule has 1 aromatic carbocycles. The number of nitrogens with one attached hydrogen (secondary N) is 2. The molecule has 4 nitrogen and oxygen atoms in total. The second kappa shape index (κ2) is 9.22. The fraction of sp³-hybridized carbons (Fsp3) is 0.538. The summed E-state index contributed by atoms with van der Waals surface area (Å²) in [5, 5.41) is 3.72. The van der Waals surface area contributed by atoms with Crippen LogP contribution in [0.5, 0.6) is 0 Å². The molecule has 0 aliphatic carbocycles. The number of halogens is 2. The van der Waals surface area contributed by atoms with Crippen molar-refractivity contribution in [3.63, 3.8) is 0 Å². The second-order valence-electron chi connectivity index (χ2n) is 4.40. The van der Waals surface area contributed by atoms with Gasteiger partial charge in [-0.05, 0) is 42.7 Å². The van der Waals surface area contributed by atoms with Gasteiger partial charge in [0.15, 0.2) is 0 Å². The van der Waals surface area contributed by atoms with Gasteiger partial charge in [0.25, 0.3) is 0 Å². The van der Waals surface area contributed by atoms with Crippen LogP contribution in [0.2, 0.25) is 10.0 Å². The van der Waals surface area contributed by atoms with E-state index in [9.17, 15) is 8.42 Å². The fourth-order valence-electron chi connectivity index (χ4n) is 1.67. The van der Waals surface area contributed by atoms with Gasteiger partial charge in [-0.1, -0.05) is 30.1 Å². The van der Waals surface area contributed by atoms with Crippen molar-refractivity contribution in [3.8, 4) is 0 Å². The van der Waals surface area contributed by atoms with Crippen LogP contribution in [-0.4, -0.2) is 33.5 Å². The fourth-order valence-corrected chi connectivity index (χ4v) is 4.04. The quantitative estimate of drug-likeness (QED) is 0.655. The summed E-state index contributed by atoms with van der Waals surface area (Å²) in [5.74, 6) is 0.905. The maximum Gasteiger partial charge on any atom is 0.242 e. The van der Waals surface area contributed by atoms with E-state index in [1.165, 1.54) is 12.1 Å². The Labute approximate surface area is 141 Å². The van der Waals surface area contributed by atoms with Crippen molar-refractivity contribution in [1.29, 1.82) is 0 Å². The average molecular weight is 371 g/mol. The summed E-state index contributed by atoms with van der Waals surface area (Å²) in [7, 11) is -3.61. The largest absolute Gasteiger partial charge is 0.313 e. The minimum absolute atomic E-state index is 0.0746. The van der Waals surface area contributed by atoms with E-state index in [2.05, 4.69) is 10.0 Å². The van der Waals surface area contributed by atoms with Gasteiger partial charge in [0.2, 0.25) is 10.0 Å². The summed E-state index contributed by atoms with van der Waals surface area (Å²) in [5.41, 5.74) is 0.715. The number of benzene rings is 1. The van der Waals surface area contributed by atoms with Crippen LogP contribution in [0, 0.1) is 0 Å². The normalized spacial score (nSPS) is 11.8. The number of hydrogen-bond donors (Lipinski definition) is 2. The van der Waals surface area contributed by atoms with E-state index < -0.39 is 10.0 Å². The summed E-state index contributed by atoms with van der Waals surface area (Å²) in [6.07, 6.45) is 2.76. The molecule has 0 radical (unpaired) electrons. The zero-order chi connectivity index (χ0) is 15.9. The molecule has 0 heterocycles. The maximum atomic E-state index is 12.3. The zero-order valence-corrected chi connectivity index (χ0v) is 15.2. The maximum absolute atomic E-state index is 12.3. The van der Waals surface area contributed by atoms with Crippen molar-refractivity contribution in [2.75, 3.05) is 25.1 Å². The third kappa shape index (κ3) is 5.96. The Morgan fingerprint density at radius 1 is 1.24 bits per heavy atom. The van der Waals surface area contributed by atoms with E-state index >= 15 is 0 Å². The van der Waals surface area contributed by atoms with Crippen molar-refractivity contribution in [2.45, 2.75) is 24.8 Å². The van der Waals surface area contributed by atoms with Crippen LogP contribution in [0.25, 0.3) is 0 Å². The summed E-state index contributed by atoms with van der Waals surface area (Å²) >= 11 is 13.8. The highest BCUT2D eigenvalue weighted by Crippen LogP contribution is 2.28. The van der Waals surface area contributed by atoms with Crippen LogP contribution in [0.1, 0.15) is 18.9 Å². The van der Waals surface area contributed by atoms with Gasteiger partial charge < -0.3 is 5.32 Å². The van der Waals surface area contributed by atoms with Gasteiger partial charge in [-0.15, -0.1) is 0 Å². The van der Waals surface area contributed by atoms with Crippen molar-refractivity contribution in [1.82, 2.24) is 10.0 Å². The molecule has 0 aliphatic rings. The molecule has 120 valence electrons. The Balaban J connectivity index is 2.94. The lowest BCUT2D eigenvalue weighted by Crippen LogP contribution is -2.25. The Bertz CT molecular complexity index is 566. The molecule has 2 N–H and O–H groups in total. The van der Waals surface area contributed by atoms with Gasteiger partial charge in [0.05, 0.1) is 5.02 Å². The first-order valence-corrected chi connectivity index (χ1v) is 10.2. The van der Waals surface area contributed by atoms with E-state index in [-0.39, 0.29) is 9.92 Å². The molecule has 0 spiro atoms. The molecule has 0 bridgehead atoms. The summed E-state index contributed by atoms with van der Waals surface area (Å²) in [4.78, 5) is 0.0746. The third-order valence-electron chi connectivity index (χ3n) is 2.77. The van der Waals surface area contributed by atoms with Gasteiger partial charge in [0, 0.05) is 18.1 Å². The van der Waals surface area contributed by atoms with Gasteiger partial charge in [-0.3, -0.25) is 0 Å². The first kappa shape index (κ1) is 19.1. The van der Waals surface area contributed by atoms with Crippen molar-refractivity contribution >= 4 is 45.0 Å². The molecule has 0 saturated carbocycles. The predicted octanol–water partition coefficient (Wildman–Crippen LogP) is 3.13. The second-order valence-corrected chi connectivity index (χ2v) is 7.93. The summed E-state index contributed by atoms with van der Waals surface area (Å²) < 4.78 is 27.1. The lowest BCUT2D eigenvalue weighted by molar-refractivity contribution is 0.581. The lowest BCUT2D eigenvalue weighted by Gasteiger charge is -2.12. The monoisotopic (exact) mass is 370 g/mol. The molecule has 0 unspecified atom stereocenters. The Morgan fingerprint density at radius 2 is 1.95 bits per heavy atom. The van der Waals surface area contributed by atoms with Crippen LogP contribution in [0.15, 0.2) is 17.0 Å².